The second-order valence-electron chi connectivity index (χ2n) is 8.91. The normalized spacial score (nSPS) is 20.8. The lowest BCUT2D eigenvalue weighted by molar-refractivity contribution is -0.126. The number of nitrogens with zero attached hydrogens (tertiary/aromatic N) is 1. The Morgan fingerprint density at radius 2 is 1.87 bits per heavy atom. The van der Waals surface area contributed by atoms with Crippen LogP contribution in [0.25, 0.3) is 0 Å². The average Bonchev–Trinajstić information content (AvgIpc) is 3.39. The van der Waals surface area contributed by atoms with Gasteiger partial charge < -0.3 is 15.5 Å². The molecule has 160 valence electrons. The van der Waals surface area contributed by atoms with E-state index in [1.54, 1.807) is 4.90 Å². The van der Waals surface area contributed by atoms with Crippen molar-refractivity contribution < 1.29 is 14.4 Å². The van der Waals surface area contributed by atoms with Crippen LogP contribution in [0.2, 0.25) is 0 Å². The van der Waals surface area contributed by atoms with Gasteiger partial charge in [0.25, 0.3) is 0 Å². The third kappa shape index (κ3) is 3.82. The zero-order valence-corrected chi connectivity index (χ0v) is 17.7. The maximum absolute atomic E-state index is 12.9. The molecule has 2 aromatic carbocycles. The Kier molecular flexibility index (Phi) is 5.00. The van der Waals surface area contributed by atoms with Crippen molar-refractivity contribution in [3.63, 3.8) is 0 Å². The van der Waals surface area contributed by atoms with Gasteiger partial charge >= 0.3 is 0 Å². The molecule has 0 aromatic heterocycles. The first-order valence-corrected chi connectivity index (χ1v) is 11.1. The predicted molar refractivity (Wildman–Crippen MR) is 119 cm³/mol. The number of carbonyl (C=O) groups is 3. The molecule has 2 atom stereocenters. The van der Waals surface area contributed by atoms with E-state index in [0.29, 0.717) is 19.4 Å². The molecule has 0 spiro atoms. The quantitative estimate of drug-likeness (QED) is 0.801. The molecule has 2 heterocycles. The van der Waals surface area contributed by atoms with Gasteiger partial charge in [0.05, 0.1) is 12.0 Å². The van der Waals surface area contributed by atoms with Gasteiger partial charge in [0.1, 0.15) is 0 Å². The van der Waals surface area contributed by atoms with E-state index in [1.807, 2.05) is 25.1 Å². The van der Waals surface area contributed by atoms with E-state index in [1.165, 1.54) is 17.5 Å². The van der Waals surface area contributed by atoms with Crippen LogP contribution in [-0.2, 0) is 33.6 Å². The molecule has 1 saturated heterocycles. The summed E-state index contributed by atoms with van der Waals surface area (Å²) in [6, 6.07) is 12.0. The molecule has 5 rings (SSSR count). The number of anilines is 2. The highest BCUT2D eigenvalue weighted by Crippen LogP contribution is 2.31. The van der Waals surface area contributed by atoms with Crippen molar-refractivity contribution in [1.29, 1.82) is 0 Å². The van der Waals surface area contributed by atoms with Crippen LogP contribution in [0.15, 0.2) is 36.4 Å². The topological polar surface area (TPSA) is 78.5 Å². The molecule has 0 bridgehead atoms. The first kappa shape index (κ1) is 19.8. The predicted octanol–water partition coefficient (Wildman–Crippen LogP) is 3.29. The Morgan fingerprint density at radius 1 is 1.03 bits per heavy atom. The minimum atomic E-state index is -0.347. The number of hydrogen-bond donors (Lipinski definition) is 2. The highest BCUT2D eigenvalue weighted by atomic mass is 16.2. The van der Waals surface area contributed by atoms with Gasteiger partial charge in [-0.25, -0.2) is 0 Å². The number of benzene rings is 2. The summed E-state index contributed by atoms with van der Waals surface area (Å²) in [5, 5.41) is 5.97. The fourth-order valence-corrected chi connectivity index (χ4v) is 4.95. The monoisotopic (exact) mass is 417 g/mol. The largest absolute Gasteiger partial charge is 0.349 e. The van der Waals surface area contributed by atoms with E-state index in [2.05, 4.69) is 28.8 Å². The second-order valence-corrected chi connectivity index (χ2v) is 8.91. The molecule has 3 aliphatic rings. The molecule has 3 amide bonds. The molecule has 1 aliphatic carbocycles. The van der Waals surface area contributed by atoms with Crippen LogP contribution in [0.3, 0.4) is 0 Å². The van der Waals surface area contributed by atoms with Crippen molar-refractivity contribution in [1.82, 2.24) is 5.32 Å². The van der Waals surface area contributed by atoms with Crippen LogP contribution < -0.4 is 15.5 Å². The van der Waals surface area contributed by atoms with Crippen molar-refractivity contribution in [3.05, 3.63) is 58.7 Å². The summed E-state index contributed by atoms with van der Waals surface area (Å²) in [5.41, 5.74) is 6.56. The molecule has 1 fully saturated rings. The van der Waals surface area contributed by atoms with E-state index >= 15 is 0 Å². The molecular formula is C25H27N3O3. The number of fused-ring (bicyclic) bond motifs is 2. The van der Waals surface area contributed by atoms with Crippen LogP contribution >= 0.6 is 0 Å². The Bertz CT molecular complexity index is 1080. The molecule has 6 nitrogen and oxygen atoms in total. The van der Waals surface area contributed by atoms with Crippen LogP contribution in [0.4, 0.5) is 11.4 Å². The van der Waals surface area contributed by atoms with Crippen LogP contribution in [0.5, 0.6) is 0 Å². The Labute approximate surface area is 182 Å². The Morgan fingerprint density at radius 3 is 2.74 bits per heavy atom. The maximum Gasteiger partial charge on any atom is 0.227 e. The Hall–Kier alpha value is -3.15. The first-order chi connectivity index (χ1) is 15.0. The van der Waals surface area contributed by atoms with E-state index < -0.39 is 0 Å². The van der Waals surface area contributed by atoms with Crippen LogP contribution in [0.1, 0.15) is 54.5 Å². The number of rotatable bonds is 4. The lowest BCUT2D eigenvalue weighted by Gasteiger charge is -2.22. The minimum absolute atomic E-state index is 0.00951. The summed E-state index contributed by atoms with van der Waals surface area (Å²) >= 11 is 0. The van der Waals surface area contributed by atoms with Crippen LogP contribution in [-0.4, -0.2) is 24.3 Å². The van der Waals surface area contributed by atoms with Gasteiger partial charge in [-0.05, 0) is 73.1 Å². The zero-order chi connectivity index (χ0) is 21.5. The summed E-state index contributed by atoms with van der Waals surface area (Å²) in [7, 11) is 0. The number of hydrogen-bond acceptors (Lipinski definition) is 3. The molecule has 2 aliphatic heterocycles. The molecule has 31 heavy (non-hydrogen) atoms. The van der Waals surface area contributed by atoms with E-state index in [0.717, 1.165) is 35.3 Å². The summed E-state index contributed by atoms with van der Waals surface area (Å²) in [6.07, 6.45) is 4.79. The number of carbonyl (C=O) groups excluding carboxylic acids is 3. The van der Waals surface area contributed by atoms with Crippen molar-refractivity contribution in [2.24, 2.45) is 5.92 Å². The third-order valence-electron chi connectivity index (χ3n) is 6.77. The number of aryl methyl sites for hydroxylation is 3. The van der Waals surface area contributed by atoms with Crippen molar-refractivity contribution in [2.45, 2.75) is 51.5 Å². The molecule has 6 heteroatoms. The van der Waals surface area contributed by atoms with Gasteiger partial charge in [0, 0.05) is 30.8 Å². The van der Waals surface area contributed by atoms with E-state index in [4.69, 9.17) is 0 Å². The molecule has 0 radical (unpaired) electrons. The van der Waals surface area contributed by atoms with Gasteiger partial charge in [-0.1, -0.05) is 18.2 Å². The van der Waals surface area contributed by atoms with Gasteiger partial charge in [0.2, 0.25) is 17.7 Å². The van der Waals surface area contributed by atoms with Gasteiger partial charge in [0.15, 0.2) is 0 Å². The second kappa shape index (κ2) is 7.84. The summed E-state index contributed by atoms with van der Waals surface area (Å²) in [4.78, 5) is 38.9. The SMILES string of the molecule is CC(NC(=O)C1CC(=O)N(c2ccc3c(c2)CCC3)C1)c1ccc2c(c1)CCC(=O)N2. The summed E-state index contributed by atoms with van der Waals surface area (Å²) < 4.78 is 0. The highest BCUT2D eigenvalue weighted by molar-refractivity contribution is 6.00. The molecule has 2 aromatic rings. The fraction of sp³-hybridized carbons (Fsp3) is 0.400. The molecular weight excluding hydrogens is 390 g/mol. The fourth-order valence-electron chi connectivity index (χ4n) is 4.95. The zero-order valence-electron chi connectivity index (χ0n) is 17.7. The molecule has 0 saturated carbocycles. The van der Waals surface area contributed by atoms with E-state index in [-0.39, 0.29) is 36.1 Å². The van der Waals surface area contributed by atoms with Crippen LogP contribution in [0, 0.1) is 5.92 Å². The Balaban J connectivity index is 1.25. The summed E-state index contributed by atoms with van der Waals surface area (Å²) in [5.74, 6) is -0.383. The van der Waals surface area contributed by atoms with Crippen molar-refractivity contribution in [2.75, 3.05) is 16.8 Å². The molecule has 2 N–H and O–H groups in total. The number of amides is 3. The average molecular weight is 418 g/mol. The van der Waals surface area contributed by atoms with Gasteiger partial charge in [-0.3, -0.25) is 14.4 Å². The third-order valence-corrected chi connectivity index (χ3v) is 6.77. The van der Waals surface area contributed by atoms with Crippen molar-refractivity contribution >= 4 is 29.1 Å². The van der Waals surface area contributed by atoms with E-state index in [9.17, 15) is 14.4 Å². The number of nitrogens with one attached hydrogen (secondary N) is 2. The minimum Gasteiger partial charge on any atom is -0.349 e. The lowest BCUT2D eigenvalue weighted by atomic mass is 9.97. The smallest absolute Gasteiger partial charge is 0.227 e. The molecule has 2 unspecified atom stereocenters. The standard InChI is InChI=1S/C25H27N3O3/c1-15(17-6-9-22-19(11-17)7-10-23(29)27-22)26-25(31)20-13-24(30)28(14-20)21-8-5-16-3-2-4-18(16)12-21/h5-6,8-9,11-12,15,20H,2-4,7,10,13-14H2,1H3,(H,26,31)(H,27,29). The van der Waals surface area contributed by atoms with Gasteiger partial charge in [-0.2, -0.15) is 0 Å². The van der Waals surface area contributed by atoms with Gasteiger partial charge in [-0.15, -0.1) is 0 Å². The highest BCUT2D eigenvalue weighted by Gasteiger charge is 2.36. The maximum atomic E-state index is 12.9. The van der Waals surface area contributed by atoms with Crippen molar-refractivity contribution in [3.8, 4) is 0 Å². The summed E-state index contributed by atoms with van der Waals surface area (Å²) in [6.45, 7) is 2.38. The first-order valence-electron chi connectivity index (χ1n) is 11.1. The lowest BCUT2D eigenvalue weighted by Crippen LogP contribution is -2.34.